The summed E-state index contributed by atoms with van der Waals surface area (Å²) in [6, 6.07) is -0.990. The fraction of sp³-hybridized carbons (Fsp3) is 0.500. The number of rotatable bonds is 1. The Morgan fingerprint density at radius 2 is 2.18 bits per heavy atom. The maximum absolute atomic E-state index is 10.8. The number of nitrogens with one attached hydrogen (secondary N) is 2. The van der Waals surface area contributed by atoms with Gasteiger partial charge in [0.25, 0.3) is 5.91 Å². The van der Waals surface area contributed by atoms with E-state index in [9.17, 15) is 14.4 Å². The first-order valence-electron chi connectivity index (χ1n) is 3.19. The quantitative estimate of drug-likeness (QED) is 0.439. The topological polar surface area (TPSA) is 75.3 Å². The maximum Gasteiger partial charge on any atom is 0.250 e. The highest BCUT2D eigenvalue weighted by molar-refractivity contribution is 6.09. The van der Waals surface area contributed by atoms with Crippen LogP contribution in [0.25, 0.3) is 0 Å². The summed E-state index contributed by atoms with van der Waals surface area (Å²) in [5, 5.41) is 4.56. The first-order valence-corrected chi connectivity index (χ1v) is 3.19. The second-order valence-electron chi connectivity index (χ2n) is 2.33. The molecule has 1 fully saturated rings. The molecular formula is C6H8N2O3. The van der Waals surface area contributed by atoms with Gasteiger partial charge < -0.3 is 10.6 Å². The van der Waals surface area contributed by atoms with E-state index in [-0.39, 0.29) is 18.2 Å². The molecule has 0 aromatic carbocycles. The summed E-state index contributed by atoms with van der Waals surface area (Å²) >= 11 is 0. The van der Waals surface area contributed by atoms with Crippen molar-refractivity contribution in [1.29, 1.82) is 0 Å². The van der Waals surface area contributed by atoms with E-state index in [1.165, 1.54) is 6.92 Å². The molecule has 1 unspecified atom stereocenters. The van der Waals surface area contributed by atoms with E-state index in [0.29, 0.717) is 0 Å². The number of Topliss-reactive ketones (excluding diaryl/α,β-unsaturated/α-hetero) is 1. The van der Waals surface area contributed by atoms with Crippen molar-refractivity contribution < 1.29 is 14.4 Å². The molecule has 1 heterocycles. The van der Waals surface area contributed by atoms with Crippen LogP contribution >= 0.6 is 0 Å². The highest BCUT2D eigenvalue weighted by Gasteiger charge is 2.29. The fourth-order valence-corrected chi connectivity index (χ4v) is 0.833. The lowest BCUT2D eigenvalue weighted by Gasteiger charge is -2.20. The van der Waals surface area contributed by atoms with Crippen LogP contribution in [0.2, 0.25) is 0 Å². The molecule has 1 rings (SSSR count). The van der Waals surface area contributed by atoms with E-state index in [4.69, 9.17) is 0 Å². The molecule has 0 radical (unpaired) electrons. The van der Waals surface area contributed by atoms with Gasteiger partial charge in [-0.2, -0.15) is 0 Å². The monoisotopic (exact) mass is 156 g/mol. The third-order valence-electron chi connectivity index (χ3n) is 1.40. The zero-order valence-electron chi connectivity index (χ0n) is 6.01. The minimum absolute atomic E-state index is 0.0391. The van der Waals surface area contributed by atoms with Gasteiger partial charge in [0.2, 0.25) is 5.91 Å². The predicted octanol–water partition coefficient (Wildman–Crippen LogP) is -1.81. The van der Waals surface area contributed by atoms with Crippen molar-refractivity contribution in [2.75, 3.05) is 6.54 Å². The molecule has 1 aliphatic rings. The van der Waals surface area contributed by atoms with Crippen molar-refractivity contribution in [3.05, 3.63) is 0 Å². The SMILES string of the molecule is CC(=O)C1NC(=O)CNC1=O. The van der Waals surface area contributed by atoms with Crippen LogP contribution in [0.4, 0.5) is 0 Å². The zero-order valence-corrected chi connectivity index (χ0v) is 6.01. The van der Waals surface area contributed by atoms with Gasteiger partial charge in [-0.1, -0.05) is 0 Å². The summed E-state index contributed by atoms with van der Waals surface area (Å²) in [6.07, 6.45) is 0. The Bertz CT molecular complexity index is 224. The van der Waals surface area contributed by atoms with E-state index in [0.717, 1.165) is 0 Å². The van der Waals surface area contributed by atoms with Crippen LogP contribution in [0.1, 0.15) is 6.92 Å². The molecular weight excluding hydrogens is 148 g/mol. The third-order valence-corrected chi connectivity index (χ3v) is 1.40. The molecule has 0 saturated carbocycles. The molecule has 0 aromatic rings. The third kappa shape index (κ3) is 1.54. The number of hydrogen-bond donors (Lipinski definition) is 2. The minimum Gasteiger partial charge on any atom is -0.345 e. The van der Waals surface area contributed by atoms with Crippen molar-refractivity contribution in [3.8, 4) is 0 Å². The van der Waals surface area contributed by atoms with Crippen LogP contribution in [0.3, 0.4) is 0 Å². The number of carbonyl (C=O) groups excluding carboxylic acids is 3. The van der Waals surface area contributed by atoms with Crippen LogP contribution in [0, 0.1) is 0 Å². The molecule has 1 saturated heterocycles. The average Bonchev–Trinajstić information content (AvgIpc) is 1.94. The Labute approximate surface area is 63.1 Å². The normalized spacial score (nSPS) is 23.9. The molecule has 1 aliphatic heterocycles. The summed E-state index contributed by atoms with van der Waals surface area (Å²) in [5.74, 6) is -1.11. The minimum atomic E-state index is -0.990. The van der Waals surface area contributed by atoms with Crippen molar-refractivity contribution >= 4 is 17.6 Å². The van der Waals surface area contributed by atoms with Gasteiger partial charge in [-0.15, -0.1) is 0 Å². The van der Waals surface area contributed by atoms with Crippen LogP contribution in [0.15, 0.2) is 0 Å². The van der Waals surface area contributed by atoms with E-state index < -0.39 is 11.9 Å². The second kappa shape index (κ2) is 2.69. The van der Waals surface area contributed by atoms with Gasteiger partial charge in [-0.25, -0.2) is 0 Å². The molecule has 0 aromatic heterocycles. The van der Waals surface area contributed by atoms with Crippen LogP contribution in [0.5, 0.6) is 0 Å². The molecule has 5 heteroatoms. The summed E-state index contributed by atoms with van der Waals surface area (Å²) in [4.78, 5) is 32.2. The molecule has 0 spiro atoms. The highest BCUT2D eigenvalue weighted by atomic mass is 16.2. The Hall–Kier alpha value is -1.39. The Morgan fingerprint density at radius 1 is 1.55 bits per heavy atom. The first-order chi connectivity index (χ1) is 5.11. The Morgan fingerprint density at radius 3 is 2.64 bits per heavy atom. The van der Waals surface area contributed by atoms with Crippen molar-refractivity contribution in [2.24, 2.45) is 0 Å². The second-order valence-corrected chi connectivity index (χ2v) is 2.33. The summed E-state index contributed by atoms with van der Waals surface area (Å²) in [5.41, 5.74) is 0. The van der Waals surface area contributed by atoms with E-state index in [2.05, 4.69) is 10.6 Å². The van der Waals surface area contributed by atoms with Crippen LogP contribution in [-0.4, -0.2) is 30.2 Å². The molecule has 60 valence electrons. The summed E-state index contributed by atoms with van der Waals surface area (Å²) in [6.45, 7) is 1.22. The van der Waals surface area contributed by atoms with Gasteiger partial charge in [0, 0.05) is 0 Å². The number of piperazine rings is 1. The molecule has 2 N–H and O–H groups in total. The molecule has 0 aliphatic carbocycles. The van der Waals surface area contributed by atoms with Crippen molar-refractivity contribution in [2.45, 2.75) is 13.0 Å². The average molecular weight is 156 g/mol. The van der Waals surface area contributed by atoms with Gasteiger partial charge in [-0.3, -0.25) is 14.4 Å². The Kier molecular flexibility index (Phi) is 1.89. The van der Waals surface area contributed by atoms with E-state index in [1.807, 2.05) is 0 Å². The largest absolute Gasteiger partial charge is 0.345 e. The first kappa shape index (κ1) is 7.71. The van der Waals surface area contributed by atoms with Gasteiger partial charge in [0.15, 0.2) is 11.8 Å². The lowest BCUT2D eigenvalue weighted by Crippen LogP contribution is -2.58. The summed E-state index contributed by atoms with van der Waals surface area (Å²) < 4.78 is 0. The maximum atomic E-state index is 10.8. The lowest BCUT2D eigenvalue weighted by atomic mass is 10.1. The number of ketones is 1. The van der Waals surface area contributed by atoms with Gasteiger partial charge in [0.05, 0.1) is 6.54 Å². The van der Waals surface area contributed by atoms with Gasteiger partial charge >= 0.3 is 0 Å². The van der Waals surface area contributed by atoms with Crippen molar-refractivity contribution in [1.82, 2.24) is 10.6 Å². The highest BCUT2D eigenvalue weighted by Crippen LogP contribution is 1.91. The van der Waals surface area contributed by atoms with Gasteiger partial charge in [0.1, 0.15) is 0 Å². The molecule has 0 bridgehead atoms. The smallest absolute Gasteiger partial charge is 0.250 e. The number of carbonyl (C=O) groups is 3. The van der Waals surface area contributed by atoms with Crippen LogP contribution in [-0.2, 0) is 14.4 Å². The van der Waals surface area contributed by atoms with Gasteiger partial charge in [-0.05, 0) is 6.92 Å². The predicted molar refractivity (Wildman–Crippen MR) is 35.6 cm³/mol. The number of amides is 2. The zero-order chi connectivity index (χ0) is 8.43. The number of hydrogen-bond acceptors (Lipinski definition) is 3. The standard InChI is InChI=1S/C6H8N2O3/c1-3(9)5-6(11)7-2-4(10)8-5/h5H,2H2,1H3,(H,7,11)(H,8,10). The molecule has 11 heavy (non-hydrogen) atoms. The summed E-state index contributed by atoms with van der Waals surface area (Å²) in [7, 11) is 0. The Balaban J connectivity index is 2.69. The lowest BCUT2D eigenvalue weighted by molar-refractivity contribution is -0.138. The van der Waals surface area contributed by atoms with E-state index in [1.54, 1.807) is 0 Å². The molecule has 2 amide bonds. The molecule has 5 nitrogen and oxygen atoms in total. The van der Waals surface area contributed by atoms with E-state index >= 15 is 0 Å². The fourth-order valence-electron chi connectivity index (χ4n) is 0.833. The van der Waals surface area contributed by atoms with Crippen molar-refractivity contribution in [3.63, 3.8) is 0 Å². The molecule has 1 atom stereocenters. The van der Waals surface area contributed by atoms with Crippen LogP contribution < -0.4 is 10.6 Å².